The van der Waals surface area contributed by atoms with Crippen LogP contribution in [0, 0.1) is 5.41 Å². The van der Waals surface area contributed by atoms with Crippen LogP contribution in [0.5, 0.6) is 0 Å². The number of piperidine rings is 1. The first kappa shape index (κ1) is 17.0. The summed E-state index contributed by atoms with van der Waals surface area (Å²) in [6.07, 6.45) is 6.26. The molecule has 3 fully saturated rings. The van der Waals surface area contributed by atoms with Gasteiger partial charge in [0.25, 0.3) is 5.91 Å². The molecule has 4 heteroatoms. The average molecular weight is 341 g/mol. The Morgan fingerprint density at radius 2 is 1.92 bits per heavy atom. The number of amides is 1. The van der Waals surface area contributed by atoms with Gasteiger partial charge in [-0.1, -0.05) is 19.1 Å². The maximum absolute atomic E-state index is 12.8. The summed E-state index contributed by atoms with van der Waals surface area (Å²) in [6, 6.07) is 9.13. The van der Waals surface area contributed by atoms with E-state index in [0.717, 1.165) is 63.7 Å². The second-order valence-electron chi connectivity index (χ2n) is 8.21. The Morgan fingerprint density at radius 1 is 1.20 bits per heavy atom. The number of hydrogen-bond acceptors (Lipinski definition) is 3. The van der Waals surface area contributed by atoms with Crippen LogP contribution in [0.3, 0.4) is 0 Å². The van der Waals surface area contributed by atoms with Gasteiger partial charge in [0.15, 0.2) is 0 Å². The van der Waals surface area contributed by atoms with Crippen molar-refractivity contribution in [3.05, 3.63) is 35.4 Å². The molecule has 0 aromatic heterocycles. The van der Waals surface area contributed by atoms with E-state index in [9.17, 15) is 4.79 Å². The number of nitrogens with zero attached hydrogens (tertiary/aromatic N) is 2. The third-order valence-electron chi connectivity index (χ3n) is 6.50. The van der Waals surface area contributed by atoms with Crippen molar-refractivity contribution in [1.82, 2.24) is 15.1 Å². The molecule has 1 N–H and O–H groups in total. The van der Waals surface area contributed by atoms with E-state index < -0.39 is 0 Å². The fourth-order valence-corrected chi connectivity index (χ4v) is 4.52. The van der Waals surface area contributed by atoms with Crippen LogP contribution in [-0.4, -0.2) is 54.5 Å². The number of rotatable bonds is 5. The third kappa shape index (κ3) is 3.75. The average Bonchev–Trinajstić information content (AvgIpc) is 3.41. The van der Waals surface area contributed by atoms with E-state index in [1.165, 1.54) is 24.8 Å². The minimum atomic E-state index is 0.210. The first-order valence-electron chi connectivity index (χ1n) is 10.0. The molecule has 0 atom stereocenters. The minimum absolute atomic E-state index is 0.210. The molecule has 4 nitrogen and oxygen atoms in total. The highest BCUT2D eigenvalue weighted by Gasteiger charge is 2.38. The van der Waals surface area contributed by atoms with Crippen molar-refractivity contribution in [2.45, 2.75) is 51.6 Å². The highest BCUT2D eigenvalue weighted by Crippen LogP contribution is 2.37. The number of benzene rings is 1. The van der Waals surface area contributed by atoms with Crippen LogP contribution in [0.2, 0.25) is 0 Å². The lowest BCUT2D eigenvalue weighted by Crippen LogP contribution is -2.44. The molecule has 0 radical (unpaired) electrons. The van der Waals surface area contributed by atoms with Gasteiger partial charge in [-0.2, -0.15) is 0 Å². The van der Waals surface area contributed by atoms with Crippen molar-refractivity contribution >= 4 is 5.91 Å². The molecule has 2 heterocycles. The van der Waals surface area contributed by atoms with E-state index in [1.807, 2.05) is 12.1 Å². The summed E-state index contributed by atoms with van der Waals surface area (Å²) in [4.78, 5) is 17.4. The molecule has 1 saturated carbocycles. The van der Waals surface area contributed by atoms with Crippen molar-refractivity contribution in [1.29, 1.82) is 0 Å². The summed E-state index contributed by atoms with van der Waals surface area (Å²) in [5.74, 6) is 0.210. The minimum Gasteiger partial charge on any atom is -0.339 e. The van der Waals surface area contributed by atoms with E-state index in [4.69, 9.17) is 0 Å². The van der Waals surface area contributed by atoms with Gasteiger partial charge in [-0.3, -0.25) is 9.69 Å². The predicted molar refractivity (Wildman–Crippen MR) is 101 cm³/mol. The van der Waals surface area contributed by atoms with E-state index >= 15 is 0 Å². The lowest BCUT2D eigenvalue weighted by molar-refractivity contribution is 0.0607. The molecule has 1 spiro atoms. The molecule has 4 rings (SSSR count). The van der Waals surface area contributed by atoms with E-state index in [0.29, 0.717) is 5.41 Å². The summed E-state index contributed by atoms with van der Waals surface area (Å²) in [5.41, 5.74) is 2.63. The van der Waals surface area contributed by atoms with Crippen LogP contribution >= 0.6 is 0 Å². The predicted octanol–water partition coefficient (Wildman–Crippen LogP) is 2.89. The summed E-state index contributed by atoms with van der Waals surface area (Å²) in [5, 5.41) is 3.49. The summed E-state index contributed by atoms with van der Waals surface area (Å²) in [7, 11) is 0. The zero-order valence-electron chi connectivity index (χ0n) is 15.5. The summed E-state index contributed by atoms with van der Waals surface area (Å²) >= 11 is 0. The molecule has 1 aromatic carbocycles. The monoisotopic (exact) mass is 341 g/mol. The van der Waals surface area contributed by atoms with E-state index in [2.05, 4.69) is 34.2 Å². The highest BCUT2D eigenvalue weighted by molar-refractivity contribution is 5.94. The van der Waals surface area contributed by atoms with Crippen LogP contribution in [0.15, 0.2) is 24.3 Å². The first-order valence-corrected chi connectivity index (χ1v) is 10.0. The molecular formula is C21H31N3O. The van der Waals surface area contributed by atoms with Crippen molar-refractivity contribution in [3.8, 4) is 0 Å². The SMILES string of the molecule is CCN(Cc1ccc(C(=O)N2CCC3(CCNC3)CC2)cc1)C1CC1. The lowest BCUT2D eigenvalue weighted by Gasteiger charge is -2.38. The highest BCUT2D eigenvalue weighted by atomic mass is 16.2. The van der Waals surface area contributed by atoms with Gasteiger partial charge in [0.2, 0.25) is 0 Å². The smallest absolute Gasteiger partial charge is 0.253 e. The maximum Gasteiger partial charge on any atom is 0.253 e. The van der Waals surface area contributed by atoms with Gasteiger partial charge in [0, 0.05) is 37.8 Å². The number of carbonyl (C=O) groups is 1. The van der Waals surface area contributed by atoms with Crippen LogP contribution in [0.1, 0.15) is 54.9 Å². The van der Waals surface area contributed by atoms with Crippen LogP contribution in [0.25, 0.3) is 0 Å². The van der Waals surface area contributed by atoms with Gasteiger partial charge in [-0.15, -0.1) is 0 Å². The largest absolute Gasteiger partial charge is 0.339 e. The molecule has 2 aliphatic heterocycles. The molecule has 0 bridgehead atoms. The standard InChI is InChI=1S/C21H31N3O/c1-2-23(19-7-8-19)15-17-3-5-18(6-4-17)20(25)24-13-10-21(11-14-24)9-12-22-16-21/h3-6,19,22H,2,7-16H2,1H3. The molecular weight excluding hydrogens is 310 g/mol. The van der Waals surface area contributed by atoms with Crippen LogP contribution in [-0.2, 0) is 6.54 Å². The van der Waals surface area contributed by atoms with Crippen molar-refractivity contribution in [2.24, 2.45) is 5.41 Å². The van der Waals surface area contributed by atoms with Crippen molar-refractivity contribution in [3.63, 3.8) is 0 Å². The third-order valence-corrected chi connectivity index (χ3v) is 6.50. The van der Waals surface area contributed by atoms with Crippen molar-refractivity contribution in [2.75, 3.05) is 32.7 Å². The van der Waals surface area contributed by atoms with Gasteiger partial charge < -0.3 is 10.2 Å². The van der Waals surface area contributed by atoms with E-state index in [1.54, 1.807) is 0 Å². The number of likely N-dealkylation sites (tertiary alicyclic amines) is 1. The lowest BCUT2D eigenvalue weighted by atomic mass is 9.78. The Balaban J connectivity index is 1.34. The Bertz CT molecular complexity index is 592. The molecule has 1 amide bonds. The normalized spacial score (nSPS) is 22.7. The molecule has 1 aliphatic carbocycles. The Labute approximate surface area is 151 Å². The topological polar surface area (TPSA) is 35.6 Å². The number of carbonyl (C=O) groups excluding carboxylic acids is 1. The quantitative estimate of drug-likeness (QED) is 0.894. The van der Waals surface area contributed by atoms with Gasteiger partial charge in [-0.25, -0.2) is 0 Å². The second kappa shape index (κ2) is 7.08. The second-order valence-corrected chi connectivity index (χ2v) is 8.21. The zero-order chi connectivity index (χ0) is 17.3. The number of hydrogen-bond donors (Lipinski definition) is 1. The summed E-state index contributed by atoms with van der Waals surface area (Å²) in [6.45, 7) is 8.45. The van der Waals surface area contributed by atoms with E-state index in [-0.39, 0.29) is 5.91 Å². The number of nitrogens with one attached hydrogen (secondary N) is 1. The maximum atomic E-state index is 12.8. The zero-order valence-corrected chi connectivity index (χ0v) is 15.5. The van der Waals surface area contributed by atoms with Crippen LogP contribution in [0.4, 0.5) is 0 Å². The Hall–Kier alpha value is -1.39. The van der Waals surface area contributed by atoms with Crippen molar-refractivity contribution < 1.29 is 4.79 Å². The Kier molecular flexibility index (Phi) is 4.83. The molecule has 2 saturated heterocycles. The van der Waals surface area contributed by atoms with Gasteiger partial charge in [0.05, 0.1) is 0 Å². The molecule has 0 unspecified atom stereocenters. The van der Waals surface area contributed by atoms with Gasteiger partial charge >= 0.3 is 0 Å². The van der Waals surface area contributed by atoms with Gasteiger partial charge in [0.1, 0.15) is 0 Å². The molecule has 3 aliphatic rings. The molecule has 25 heavy (non-hydrogen) atoms. The fraction of sp³-hybridized carbons (Fsp3) is 0.667. The summed E-state index contributed by atoms with van der Waals surface area (Å²) < 4.78 is 0. The fourth-order valence-electron chi connectivity index (χ4n) is 4.52. The first-order chi connectivity index (χ1) is 12.2. The molecule has 136 valence electrons. The van der Waals surface area contributed by atoms with Gasteiger partial charge in [-0.05, 0) is 68.3 Å². The van der Waals surface area contributed by atoms with Crippen LogP contribution < -0.4 is 5.32 Å². The molecule has 1 aromatic rings. The Morgan fingerprint density at radius 3 is 2.48 bits per heavy atom.